The monoisotopic (exact) mass is 346 g/mol. The predicted molar refractivity (Wildman–Crippen MR) is 89.3 cm³/mol. The fraction of sp³-hybridized carbons (Fsp3) is 0.235. The number of hydrogen-bond acceptors (Lipinski definition) is 4. The molecular weight excluding hydrogens is 328 g/mol. The molecule has 24 heavy (non-hydrogen) atoms. The fourth-order valence-electron chi connectivity index (χ4n) is 2.59. The molecule has 1 heterocycles. The minimum atomic E-state index is -3.90. The van der Waals surface area contributed by atoms with Crippen molar-refractivity contribution >= 4 is 15.9 Å². The number of ether oxygens (including phenoxy) is 1. The van der Waals surface area contributed by atoms with Crippen LogP contribution < -0.4 is 10.3 Å². The van der Waals surface area contributed by atoms with Gasteiger partial charge in [-0.15, -0.1) is 4.83 Å². The summed E-state index contributed by atoms with van der Waals surface area (Å²) in [4.78, 5) is 14.2. The number of benzene rings is 2. The highest BCUT2D eigenvalue weighted by molar-refractivity contribution is 7.89. The van der Waals surface area contributed by atoms with Crippen molar-refractivity contribution in [1.29, 1.82) is 0 Å². The molecule has 2 aromatic carbocycles. The van der Waals surface area contributed by atoms with Gasteiger partial charge in [0, 0.05) is 12.2 Å². The van der Waals surface area contributed by atoms with Gasteiger partial charge in [0.2, 0.25) is 0 Å². The Hall–Kier alpha value is -2.22. The molecule has 2 N–H and O–H groups in total. The van der Waals surface area contributed by atoms with Crippen molar-refractivity contribution in [3.8, 4) is 11.1 Å². The highest BCUT2D eigenvalue weighted by atomic mass is 32.2. The second-order valence-electron chi connectivity index (χ2n) is 5.46. The molecule has 1 aliphatic heterocycles. The second kappa shape index (κ2) is 7.12. The third kappa shape index (κ3) is 3.64. The normalized spacial score (nSPS) is 17.6. The SMILES string of the molecule is O=C(NNS(=O)(=O)c1ccccc1-c1ccccc1)[C@@H]1CCCO1. The van der Waals surface area contributed by atoms with E-state index in [4.69, 9.17) is 4.74 Å². The zero-order chi connectivity index (χ0) is 17.0. The molecule has 2 aromatic rings. The standard InChI is InChI=1S/C17H18N2O4S/c20-17(15-10-6-12-23-15)18-19-24(21,22)16-11-5-4-9-14(16)13-7-2-1-3-8-13/h1-5,7-9,11,15,19H,6,10,12H2,(H,18,20)/t15-/m0/s1. The molecule has 1 fully saturated rings. The molecule has 0 aliphatic carbocycles. The molecule has 0 spiro atoms. The van der Waals surface area contributed by atoms with Crippen LogP contribution in [0.1, 0.15) is 12.8 Å². The molecule has 0 radical (unpaired) electrons. The first-order valence-electron chi connectivity index (χ1n) is 7.66. The second-order valence-corrected chi connectivity index (χ2v) is 7.11. The number of carbonyl (C=O) groups excluding carboxylic acids is 1. The van der Waals surface area contributed by atoms with E-state index < -0.39 is 22.0 Å². The minimum Gasteiger partial charge on any atom is -0.368 e. The van der Waals surface area contributed by atoms with Crippen LogP contribution in [0.5, 0.6) is 0 Å². The van der Waals surface area contributed by atoms with E-state index in [9.17, 15) is 13.2 Å². The van der Waals surface area contributed by atoms with Gasteiger partial charge in [-0.1, -0.05) is 48.5 Å². The van der Waals surface area contributed by atoms with E-state index in [1.807, 2.05) is 30.3 Å². The molecular formula is C17H18N2O4S. The highest BCUT2D eigenvalue weighted by Gasteiger charge is 2.26. The van der Waals surface area contributed by atoms with Crippen LogP contribution in [0.3, 0.4) is 0 Å². The lowest BCUT2D eigenvalue weighted by Crippen LogP contribution is -2.46. The van der Waals surface area contributed by atoms with E-state index in [1.54, 1.807) is 18.2 Å². The number of carbonyl (C=O) groups is 1. The molecule has 1 amide bonds. The van der Waals surface area contributed by atoms with Gasteiger partial charge in [0.15, 0.2) is 0 Å². The molecule has 0 saturated carbocycles. The molecule has 0 aromatic heterocycles. The average molecular weight is 346 g/mol. The Morgan fingerprint density at radius 2 is 1.75 bits per heavy atom. The summed E-state index contributed by atoms with van der Waals surface area (Å²) in [6.45, 7) is 0.516. The summed E-state index contributed by atoms with van der Waals surface area (Å²) in [5, 5.41) is 0. The number of hydrazine groups is 1. The van der Waals surface area contributed by atoms with Gasteiger partial charge in [-0.3, -0.25) is 10.2 Å². The Kier molecular flexibility index (Phi) is 4.94. The molecule has 1 atom stereocenters. The largest absolute Gasteiger partial charge is 0.368 e. The van der Waals surface area contributed by atoms with Gasteiger partial charge < -0.3 is 4.74 Å². The van der Waals surface area contributed by atoms with Gasteiger partial charge in [-0.2, -0.15) is 0 Å². The van der Waals surface area contributed by atoms with Gasteiger partial charge in [0.1, 0.15) is 6.10 Å². The first kappa shape index (κ1) is 16.6. The van der Waals surface area contributed by atoms with E-state index in [0.29, 0.717) is 18.6 Å². The Bertz CT molecular complexity index is 815. The topological polar surface area (TPSA) is 84.5 Å². The molecule has 3 rings (SSSR count). The summed E-state index contributed by atoms with van der Waals surface area (Å²) in [7, 11) is -3.90. The smallest absolute Gasteiger partial charge is 0.264 e. The number of sulfonamides is 1. The van der Waals surface area contributed by atoms with Gasteiger partial charge >= 0.3 is 0 Å². The molecule has 0 bridgehead atoms. The van der Waals surface area contributed by atoms with Crippen molar-refractivity contribution in [2.24, 2.45) is 0 Å². The van der Waals surface area contributed by atoms with Crippen LogP contribution in [-0.2, 0) is 19.6 Å². The molecule has 1 saturated heterocycles. The maximum atomic E-state index is 12.6. The molecule has 6 nitrogen and oxygen atoms in total. The van der Waals surface area contributed by atoms with Crippen LogP contribution in [0.2, 0.25) is 0 Å². The van der Waals surface area contributed by atoms with Crippen molar-refractivity contribution in [2.45, 2.75) is 23.8 Å². The van der Waals surface area contributed by atoms with Crippen LogP contribution in [0.25, 0.3) is 11.1 Å². The van der Waals surface area contributed by atoms with Crippen LogP contribution in [0.4, 0.5) is 0 Å². The van der Waals surface area contributed by atoms with Gasteiger partial charge in [0.05, 0.1) is 4.90 Å². The van der Waals surface area contributed by atoms with Gasteiger partial charge in [0.25, 0.3) is 15.9 Å². The third-order valence-electron chi connectivity index (χ3n) is 3.79. The third-order valence-corrected chi connectivity index (χ3v) is 5.10. The summed E-state index contributed by atoms with van der Waals surface area (Å²) in [6.07, 6.45) is 0.785. The Morgan fingerprint density at radius 3 is 2.46 bits per heavy atom. The van der Waals surface area contributed by atoms with E-state index in [-0.39, 0.29) is 4.90 Å². The Labute approximate surface area is 140 Å². The van der Waals surface area contributed by atoms with Crippen LogP contribution in [-0.4, -0.2) is 27.0 Å². The average Bonchev–Trinajstić information content (AvgIpc) is 3.15. The van der Waals surface area contributed by atoms with Crippen molar-refractivity contribution in [1.82, 2.24) is 10.3 Å². The molecule has 126 valence electrons. The van der Waals surface area contributed by atoms with E-state index in [0.717, 1.165) is 12.0 Å². The van der Waals surface area contributed by atoms with Crippen molar-refractivity contribution in [2.75, 3.05) is 6.61 Å². The quantitative estimate of drug-likeness (QED) is 0.809. The van der Waals surface area contributed by atoms with Crippen molar-refractivity contribution in [3.63, 3.8) is 0 Å². The first-order valence-corrected chi connectivity index (χ1v) is 9.14. The number of nitrogens with one attached hydrogen (secondary N) is 2. The lowest BCUT2D eigenvalue weighted by atomic mass is 10.1. The van der Waals surface area contributed by atoms with Gasteiger partial charge in [-0.25, -0.2) is 8.42 Å². The lowest BCUT2D eigenvalue weighted by molar-refractivity contribution is -0.130. The number of rotatable bonds is 5. The molecule has 7 heteroatoms. The summed E-state index contributed by atoms with van der Waals surface area (Å²) >= 11 is 0. The summed E-state index contributed by atoms with van der Waals surface area (Å²) in [6, 6.07) is 15.8. The lowest BCUT2D eigenvalue weighted by Gasteiger charge is -2.14. The van der Waals surface area contributed by atoms with Crippen LogP contribution in [0.15, 0.2) is 59.5 Å². The maximum Gasteiger partial charge on any atom is 0.264 e. The molecule has 1 aliphatic rings. The van der Waals surface area contributed by atoms with Crippen LogP contribution in [0, 0.1) is 0 Å². The van der Waals surface area contributed by atoms with E-state index in [2.05, 4.69) is 10.3 Å². The Balaban J connectivity index is 1.81. The van der Waals surface area contributed by atoms with E-state index in [1.165, 1.54) is 6.07 Å². The predicted octanol–water partition coefficient (Wildman–Crippen LogP) is 1.84. The number of hydrogen-bond donors (Lipinski definition) is 2. The Morgan fingerprint density at radius 1 is 1.04 bits per heavy atom. The molecule has 0 unspecified atom stereocenters. The van der Waals surface area contributed by atoms with Crippen LogP contribution >= 0.6 is 0 Å². The number of amides is 1. The van der Waals surface area contributed by atoms with E-state index >= 15 is 0 Å². The summed E-state index contributed by atoms with van der Waals surface area (Å²) in [5.41, 5.74) is 3.59. The summed E-state index contributed by atoms with van der Waals surface area (Å²) < 4.78 is 30.4. The minimum absolute atomic E-state index is 0.101. The maximum absolute atomic E-state index is 12.6. The van der Waals surface area contributed by atoms with Gasteiger partial charge in [-0.05, 0) is 24.5 Å². The highest BCUT2D eigenvalue weighted by Crippen LogP contribution is 2.26. The first-order chi connectivity index (χ1) is 11.6. The zero-order valence-corrected chi connectivity index (χ0v) is 13.8. The fourth-order valence-corrected chi connectivity index (χ4v) is 3.67. The summed E-state index contributed by atoms with van der Waals surface area (Å²) in [5.74, 6) is -0.478. The van der Waals surface area contributed by atoms with Crippen molar-refractivity contribution < 1.29 is 17.9 Å². The zero-order valence-electron chi connectivity index (χ0n) is 12.9. The van der Waals surface area contributed by atoms with Crippen molar-refractivity contribution in [3.05, 3.63) is 54.6 Å².